The Morgan fingerprint density at radius 3 is 2.38 bits per heavy atom. The van der Waals surface area contributed by atoms with Crippen molar-refractivity contribution >= 4 is 17.7 Å². The molecule has 1 amide bonds. The Morgan fingerprint density at radius 1 is 1.38 bits per heavy atom. The zero-order valence-corrected chi connectivity index (χ0v) is 12.3. The highest BCUT2D eigenvalue weighted by molar-refractivity contribution is 8.00. The second kappa shape index (κ2) is 7.17. The summed E-state index contributed by atoms with van der Waals surface area (Å²) in [5.74, 6) is 1.27. The van der Waals surface area contributed by atoms with E-state index in [1.54, 1.807) is 19.0 Å². The van der Waals surface area contributed by atoms with Gasteiger partial charge in [-0.2, -0.15) is 11.8 Å². The van der Waals surface area contributed by atoms with Gasteiger partial charge in [0.15, 0.2) is 0 Å². The second-order valence-corrected chi connectivity index (χ2v) is 7.16. The first-order valence-electron chi connectivity index (χ1n) is 5.80. The van der Waals surface area contributed by atoms with E-state index in [1.807, 2.05) is 11.8 Å². The van der Waals surface area contributed by atoms with E-state index in [1.165, 1.54) is 0 Å². The van der Waals surface area contributed by atoms with Gasteiger partial charge in [-0.15, -0.1) is 0 Å². The first-order chi connectivity index (χ1) is 7.22. The molecule has 0 spiro atoms. The van der Waals surface area contributed by atoms with E-state index >= 15 is 0 Å². The lowest BCUT2D eigenvalue weighted by Gasteiger charge is -2.21. The average Bonchev–Trinajstić information content (AvgIpc) is 2.13. The maximum Gasteiger partial charge on any atom is 0.223 e. The molecule has 3 nitrogen and oxygen atoms in total. The Labute approximate surface area is 104 Å². The van der Waals surface area contributed by atoms with E-state index in [0.29, 0.717) is 17.2 Å². The molecule has 0 saturated heterocycles. The quantitative estimate of drug-likeness (QED) is 0.778. The van der Waals surface area contributed by atoms with Gasteiger partial charge in [-0.3, -0.25) is 4.79 Å². The number of thioether (sulfide) groups is 1. The van der Waals surface area contributed by atoms with Gasteiger partial charge in [-0.1, -0.05) is 20.8 Å². The largest absolute Gasteiger partial charge is 0.349 e. The first-order valence-corrected chi connectivity index (χ1v) is 6.78. The van der Waals surface area contributed by atoms with Gasteiger partial charge in [0.25, 0.3) is 0 Å². The Balaban J connectivity index is 3.59. The van der Waals surface area contributed by atoms with Crippen LogP contribution in [0.25, 0.3) is 0 Å². The van der Waals surface area contributed by atoms with Crippen LogP contribution < -0.4 is 5.32 Å². The molecule has 0 aliphatic heterocycles. The molecule has 1 unspecified atom stereocenters. The molecule has 96 valence electrons. The molecule has 0 aliphatic carbocycles. The smallest absolute Gasteiger partial charge is 0.223 e. The predicted octanol–water partition coefficient (Wildman–Crippen LogP) is 1.97. The Morgan fingerprint density at radius 2 is 1.94 bits per heavy atom. The highest BCUT2D eigenvalue weighted by Gasteiger charge is 2.13. The zero-order chi connectivity index (χ0) is 12.8. The fraction of sp³-hybridized carbons (Fsp3) is 0.917. The van der Waals surface area contributed by atoms with Crippen molar-refractivity contribution in [2.24, 2.45) is 0 Å². The number of nitrogens with one attached hydrogen (secondary N) is 1. The molecule has 0 fully saturated rings. The zero-order valence-electron chi connectivity index (χ0n) is 11.5. The average molecular weight is 246 g/mol. The summed E-state index contributed by atoms with van der Waals surface area (Å²) in [4.78, 5) is 13.0. The van der Waals surface area contributed by atoms with Gasteiger partial charge in [0.2, 0.25) is 5.91 Å². The molecule has 0 aromatic rings. The Hall–Kier alpha value is -0.220. The maximum atomic E-state index is 11.3. The summed E-state index contributed by atoms with van der Waals surface area (Å²) in [6.07, 6.45) is 0.581. The van der Waals surface area contributed by atoms with Crippen molar-refractivity contribution in [1.29, 1.82) is 0 Å². The fourth-order valence-electron chi connectivity index (χ4n) is 1.08. The van der Waals surface area contributed by atoms with Crippen molar-refractivity contribution in [3.8, 4) is 0 Å². The normalized spacial score (nSPS) is 13.6. The van der Waals surface area contributed by atoms with Crippen LogP contribution in [-0.4, -0.2) is 48.0 Å². The minimum atomic E-state index is 0.183. The van der Waals surface area contributed by atoms with Crippen molar-refractivity contribution in [2.45, 2.75) is 44.9 Å². The first kappa shape index (κ1) is 15.8. The van der Waals surface area contributed by atoms with E-state index in [2.05, 4.69) is 33.0 Å². The topological polar surface area (TPSA) is 32.3 Å². The fourth-order valence-corrected chi connectivity index (χ4v) is 1.95. The highest BCUT2D eigenvalue weighted by Crippen LogP contribution is 2.23. The molecule has 0 saturated carbocycles. The predicted molar refractivity (Wildman–Crippen MR) is 73.0 cm³/mol. The molecule has 0 aromatic carbocycles. The molecule has 0 radical (unpaired) electrons. The molecular formula is C12H26N2OS. The molecule has 0 heterocycles. The maximum absolute atomic E-state index is 11.3. The molecule has 1 atom stereocenters. The van der Waals surface area contributed by atoms with Crippen molar-refractivity contribution in [3.05, 3.63) is 0 Å². The summed E-state index contributed by atoms with van der Waals surface area (Å²) in [6, 6.07) is 0.458. The van der Waals surface area contributed by atoms with Crippen LogP contribution in [0.3, 0.4) is 0 Å². The van der Waals surface area contributed by atoms with Crippen LogP contribution in [0, 0.1) is 0 Å². The molecule has 0 aromatic heterocycles. The number of amides is 1. The lowest BCUT2D eigenvalue weighted by molar-refractivity contribution is -0.128. The van der Waals surface area contributed by atoms with Gasteiger partial charge in [0, 0.05) is 43.6 Å². The van der Waals surface area contributed by atoms with Gasteiger partial charge in [-0.25, -0.2) is 0 Å². The van der Waals surface area contributed by atoms with Crippen molar-refractivity contribution in [3.63, 3.8) is 0 Å². The van der Waals surface area contributed by atoms with Crippen LogP contribution in [-0.2, 0) is 4.79 Å². The lowest BCUT2D eigenvalue weighted by atomic mass is 10.3. The molecule has 0 rings (SSSR count). The van der Waals surface area contributed by atoms with E-state index in [-0.39, 0.29) is 5.91 Å². The van der Waals surface area contributed by atoms with E-state index in [9.17, 15) is 4.79 Å². The molecule has 4 heteroatoms. The number of carbonyl (C=O) groups excluding carboxylic acids is 1. The summed E-state index contributed by atoms with van der Waals surface area (Å²) in [5, 5.41) is 3.37. The third-order valence-corrected chi connectivity index (χ3v) is 3.63. The van der Waals surface area contributed by atoms with Crippen LogP contribution in [0.1, 0.15) is 34.1 Å². The summed E-state index contributed by atoms with van der Waals surface area (Å²) in [6.45, 7) is 9.60. The van der Waals surface area contributed by atoms with Crippen LogP contribution in [0.15, 0.2) is 0 Å². The third-order valence-electron chi connectivity index (χ3n) is 2.10. The summed E-state index contributed by atoms with van der Waals surface area (Å²) >= 11 is 1.95. The number of rotatable bonds is 6. The van der Waals surface area contributed by atoms with Gasteiger partial charge in [-0.05, 0) is 6.92 Å². The number of hydrogen-bond acceptors (Lipinski definition) is 3. The lowest BCUT2D eigenvalue weighted by Crippen LogP contribution is -2.33. The van der Waals surface area contributed by atoms with Gasteiger partial charge < -0.3 is 10.2 Å². The number of carbonyl (C=O) groups is 1. The van der Waals surface area contributed by atoms with E-state index < -0.39 is 0 Å². The summed E-state index contributed by atoms with van der Waals surface area (Å²) in [7, 11) is 3.59. The van der Waals surface area contributed by atoms with Crippen LogP contribution in [0.2, 0.25) is 0 Å². The molecule has 0 aliphatic rings. The van der Waals surface area contributed by atoms with E-state index in [4.69, 9.17) is 0 Å². The van der Waals surface area contributed by atoms with E-state index in [0.717, 1.165) is 12.3 Å². The Kier molecular flexibility index (Phi) is 7.07. The van der Waals surface area contributed by atoms with Crippen LogP contribution in [0.5, 0.6) is 0 Å². The Bertz CT molecular complexity index is 212. The van der Waals surface area contributed by atoms with Crippen LogP contribution >= 0.6 is 11.8 Å². The number of hydrogen-bond donors (Lipinski definition) is 1. The van der Waals surface area contributed by atoms with Gasteiger partial charge in [0.1, 0.15) is 0 Å². The minimum Gasteiger partial charge on any atom is -0.349 e. The minimum absolute atomic E-state index is 0.183. The van der Waals surface area contributed by atoms with Gasteiger partial charge >= 0.3 is 0 Å². The van der Waals surface area contributed by atoms with Crippen molar-refractivity contribution in [2.75, 3.05) is 26.4 Å². The standard InChI is InChI=1S/C12H26N2OS/c1-10(9-16-12(2,3)4)13-8-7-11(15)14(5)6/h10,13H,7-9H2,1-6H3. The summed E-state index contributed by atoms with van der Waals surface area (Å²) in [5.41, 5.74) is 0. The summed E-state index contributed by atoms with van der Waals surface area (Å²) < 4.78 is 0.315. The van der Waals surface area contributed by atoms with Crippen molar-refractivity contribution in [1.82, 2.24) is 10.2 Å². The molecule has 16 heavy (non-hydrogen) atoms. The highest BCUT2D eigenvalue weighted by atomic mass is 32.2. The molecular weight excluding hydrogens is 220 g/mol. The van der Waals surface area contributed by atoms with Crippen molar-refractivity contribution < 1.29 is 4.79 Å². The third kappa shape index (κ3) is 9.04. The SMILES string of the molecule is CC(CSC(C)(C)C)NCCC(=O)N(C)C. The second-order valence-electron chi connectivity index (χ2n) is 5.32. The van der Waals surface area contributed by atoms with Crippen LogP contribution in [0.4, 0.5) is 0 Å². The number of nitrogens with zero attached hydrogens (tertiary/aromatic N) is 1. The monoisotopic (exact) mass is 246 g/mol. The molecule has 0 bridgehead atoms. The van der Waals surface area contributed by atoms with Gasteiger partial charge in [0.05, 0.1) is 0 Å². The molecule has 1 N–H and O–H groups in total.